The SMILES string of the molecule is COc1cc(Br)c(CNCCN2CCCCC2)cc1OC. The first-order valence-corrected chi connectivity index (χ1v) is 8.37. The van der Waals surface area contributed by atoms with Crippen molar-refractivity contribution in [2.75, 3.05) is 40.4 Å². The third kappa shape index (κ3) is 4.87. The van der Waals surface area contributed by atoms with Gasteiger partial charge in [-0.25, -0.2) is 0 Å². The van der Waals surface area contributed by atoms with E-state index in [4.69, 9.17) is 9.47 Å². The van der Waals surface area contributed by atoms with Crippen molar-refractivity contribution in [3.05, 3.63) is 22.2 Å². The number of likely N-dealkylation sites (tertiary alicyclic amines) is 1. The Hall–Kier alpha value is -0.780. The number of hydrogen-bond acceptors (Lipinski definition) is 4. The zero-order valence-electron chi connectivity index (χ0n) is 13.0. The zero-order chi connectivity index (χ0) is 15.1. The highest BCUT2D eigenvalue weighted by Crippen LogP contribution is 2.33. The summed E-state index contributed by atoms with van der Waals surface area (Å²) >= 11 is 3.59. The third-order valence-corrected chi connectivity index (χ3v) is 4.66. The van der Waals surface area contributed by atoms with Crippen LogP contribution in [-0.2, 0) is 6.54 Å². The van der Waals surface area contributed by atoms with Crippen LogP contribution in [-0.4, -0.2) is 45.3 Å². The number of hydrogen-bond donors (Lipinski definition) is 1. The van der Waals surface area contributed by atoms with Gasteiger partial charge in [-0.1, -0.05) is 22.4 Å². The summed E-state index contributed by atoms with van der Waals surface area (Å²) in [5.41, 5.74) is 1.19. The number of ether oxygens (including phenoxy) is 2. The molecule has 0 spiro atoms. The molecule has 0 unspecified atom stereocenters. The van der Waals surface area contributed by atoms with Crippen LogP contribution in [0.2, 0.25) is 0 Å². The summed E-state index contributed by atoms with van der Waals surface area (Å²) in [4.78, 5) is 2.54. The predicted octanol–water partition coefficient (Wildman–Crippen LogP) is 3.04. The molecule has 0 amide bonds. The molecule has 1 fully saturated rings. The highest BCUT2D eigenvalue weighted by molar-refractivity contribution is 9.10. The Bertz CT molecular complexity index is 448. The van der Waals surface area contributed by atoms with Gasteiger partial charge in [-0.05, 0) is 43.6 Å². The first-order chi connectivity index (χ1) is 10.2. The Balaban J connectivity index is 1.82. The van der Waals surface area contributed by atoms with Gasteiger partial charge in [-0.2, -0.15) is 0 Å². The van der Waals surface area contributed by atoms with E-state index in [2.05, 4.69) is 26.1 Å². The van der Waals surface area contributed by atoms with Crippen molar-refractivity contribution in [2.24, 2.45) is 0 Å². The Kier molecular flexibility index (Phi) is 6.80. The minimum atomic E-state index is 0.751. The van der Waals surface area contributed by atoms with Crippen LogP contribution < -0.4 is 14.8 Å². The molecule has 1 aliphatic rings. The van der Waals surface area contributed by atoms with Gasteiger partial charge in [0.05, 0.1) is 14.2 Å². The predicted molar refractivity (Wildman–Crippen MR) is 89.2 cm³/mol. The Morgan fingerprint density at radius 1 is 1.10 bits per heavy atom. The van der Waals surface area contributed by atoms with Gasteiger partial charge >= 0.3 is 0 Å². The number of methoxy groups -OCH3 is 2. The summed E-state index contributed by atoms with van der Waals surface area (Å²) in [6.07, 6.45) is 4.09. The second kappa shape index (κ2) is 8.61. The standard InChI is InChI=1S/C16H25BrN2O2/c1-20-15-10-13(14(17)11-16(15)21-2)12-18-6-9-19-7-4-3-5-8-19/h10-11,18H,3-9,12H2,1-2H3. The molecule has 1 aromatic rings. The molecular weight excluding hydrogens is 332 g/mol. The molecule has 0 radical (unpaired) electrons. The van der Waals surface area contributed by atoms with E-state index in [1.807, 2.05) is 12.1 Å². The van der Waals surface area contributed by atoms with Crippen LogP contribution in [0.1, 0.15) is 24.8 Å². The third-order valence-electron chi connectivity index (χ3n) is 3.92. The number of nitrogens with zero attached hydrogens (tertiary/aromatic N) is 1. The van der Waals surface area contributed by atoms with Crippen molar-refractivity contribution >= 4 is 15.9 Å². The molecule has 0 saturated carbocycles. The summed E-state index contributed by atoms with van der Waals surface area (Å²) in [6, 6.07) is 3.98. The van der Waals surface area contributed by atoms with Gasteiger partial charge in [0.15, 0.2) is 11.5 Å². The van der Waals surface area contributed by atoms with Gasteiger partial charge in [0.2, 0.25) is 0 Å². The number of piperidine rings is 1. The van der Waals surface area contributed by atoms with Crippen LogP contribution in [0.4, 0.5) is 0 Å². The molecule has 1 aromatic carbocycles. The Morgan fingerprint density at radius 3 is 2.43 bits per heavy atom. The van der Waals surface area contributed by atoms with E-state index in [0.29, 0.717) is 0 Å². The quantitative estimate of drug-likeness (QED) is 0.761. The van der Waals surface area contributed by atoms with E-state index in [1.54, 1.807) is 14.2 Å². The van der Waals surface area contributed by atoms with Gasteiger partial charge < -0.3 is 19.7 Å². The molecule has 1 N–H and O–H groups in total. The maximum atomic E-state index is 5.35. The minimum Gasteiger partial charge on any atom is -0.493 e. The van der Waals surface area contributed by atoms with Crippen LogP contribution in [0.15, 0.2) is 16.6 Å². The first kappa shape index (κ1) is 16.6. The molecule has 2 rings (SSSR count). The van der Waals surface area contributed by atoms with Crippen LogP contribution in [0.3, 0.4) is 0 Å². The van der Waals surface area contributed by atoms with Crippen molar-refractivity contribution in [1.29, 1.82) is 0 Å². The first-order valence-electron chi connectivity index (χ1n) is 7.58. The number of nitrogens with one attached hydrogen (secondary N) is 1. The number of halogens is 1. The lowest BCUT2D eigenvalue weighted by Gasteiger charge is -2.26. The molecule has 1 saturated heterocycles. The number of benzene rings is 1. The van der Waals surface area contributed by atoms with E-state index >= 15 is 0 Å². The van der Waals surface area contributed by atoms with Crippen molar-refractivity contribution in [3.8, 4) is 11.5 Å². The van der Waals surface area contributed by atoms with E-state index in [-0.39, 0.29) is 0 Å². The average molecular weight is 357 g/mol. The molecule has 21 heavy (non-hydrogen) atoms. The van der Waals surface area contributed by atoms with Crippen LogP contribution in [0.5, 0.6) is 11.5 Å². The summed E-state index contributed by atoms with van der Waals surface area (Å²) < 4.78 is 11.7. The van der Waals surface area contributed by atoms with E-state index in [0.717, 1.165) is 35.6 Å². The Morgan fingerprint density at radius 2 is 1.76 bits per heavy atom. The topological polar surface area (TPSA) is 33.7 Å². The monoisotopic (exact) mass is 356 g/mol. The summed E-state index contributed by atoms with van der Waals surface area (Å²) in [5.74, 6) is 1.52. The fourth-order valence-corrected chi connectivity index (χ4v) is 3.14. The molecule has 118 valence electrons. The summed E-state index contributed by atoms with van der Waals surface area (Å²) in [6.45, 7) is 5.48. The summed E-state index contributed by atoms with van der Waals surface area (Å²) in [5, 5.41) is 3.51. The fourth-order valence-electron chi connectivity index (χ4n) is 2.67. The van der Waals surface area contributed by atoms with Crippen LogP contribution in [0.25, 0.3) is 0 Å². The van der Waals surface area contributed by atoms with E-state index in [9.17, 15) is 0 Å². The fraction of sp³-hybridized carbons (Fsp3) is 0.625. The molecule has 1 aliphatic heterocycles. The van der Waals surface area contributed by atoms with Gasteiger partial charge in [-0.3, -0.25) is 0 Å². The van der Waals surface area contributed by atoms with Crippen molar-refractivity contribution < 1.29 is 9.47 Å². The van der Waals surface area contributed by atoms with Crippen LogP contribution in [0, 0.1) is 0 Å². The van der Waals surface area contributed by atoms with Crippen molar-refractivity contribution in [3.63, 3.8) is 0 Å². The molecule has 4 nitrogen and oxygen atoms in total. The smallest absolute Gasteiger partial charge is 0.161 e. The number of rotatable bonds is 7. The van der Waals surface area contributed by atoms with E-state index < -0.39 is 0 Å². The molecule has 5 heteroatoms. The maximum Gasteiger partial charge on any atom is 0.161 e. The zero-order valence-corrected chi connectivity index (χ0v) is 14.5. The molecule has 0 atom stereocenters. The van der Waals surface area contributed by atoms with Crippen LogP contribution >= 0.6 is 15.9 Å². The molecule has 0 bridgehead atoms. The second-order valence-electron chi connectivity index (χ2n) is 5.38. The Labute approximate surface area is 135 Å². The highest BCUT2D eigenvalue weighted by atomic mass is 79.9. The maximum absolute atomic E-state index is 5.35. The molecule has 1 heterocycles. The lowest BCUT2D eigenvalue weighted by atomic mass is 10.1. The van der Waals surface area contributed by atoms with E-state index in [1.165, 1.54) is 37.9 Å². The van der Waals surface area contributed by atoms with Gasteiger partial charge in [-0.15, -0.1) is 0 Å². The van der Waals surface area contributed by atoms with Gasteiger partial charge in [0, 0.05) is 24.1 Å². The minimum absolute atomic E-state index is 0.751. The van der Waals surface area contributed by atoms with Crippen molar-refractivity contribution in [1.82, 2.24) is 10.2 Å². The molecule has 0 aliphatic carbocycles. The van der Waals surface area contributed by atoms with Gasteiger partial charge in [0.1, 0.15) is 0 Å². The molecule has 0 aromatic heterocycles. The lowest BCUT2D eigenvalue weighted by molar-refractivity contribution is 0.229. The lowest BCUT2D eigenvalue weighted by Crippen LogP contribution is -2.35. The largest absolute Gasteiger partial charge is 0.493 e. The average Bonchev–Trinajstić information content (AvgIpc) is 2.53. The second-order valence-corrected chi connectivity index (χ2v) is 6.23. The van der Waals surface area contributed by atoms with Gasteiger partial charge in [0.25, 0.3) is 0 Å². The normalized spacial score (nSPS) is 16.0. The molecular formula is C16H25BrN2O2. The van der Waals surface area contributed by atoms with Crippen molar-refractivity contribution in [2.45, 2.75) is 25.8 Å². The highest BCUT2D eigenvalue weighted by Gasteiger charge is 2.11. The summed E-state index contributed by atoms with van der Waals surface area (Å²) in [7, 11) is 3.32.